The van der Waals surface area contributed by atoms with Crippen LogP contribution in [0.2, 0.25) is 6.32 Å². The van der Waals surface area contributed by atoms with Crippen molar-refractivity contribution in [2.24, 2.45) is 0 Å². The molecule has 6 heteroatoms. The number of methoxy groups -OCH3 is 1. The van der Waals surface area contributed by atoms with Crippen molar-refractivity contribution in [1.29, 1.82) is 0 Å². The molecule has 0 saturated carbocycles. The number of ether oxygens (including phenoxy) is 2. The number of hydrogen-bond acceptors (Lipinski definition) is 5. The van der Waals surface area contributed by atoms with Crippen molar-refractivity contribution < 1.29 is 19.2 Å². The molecule has 1 unspecified atom stereocenters. The predicted octanol–water partition coefficient (Wildman–Crippen LogP) is 2.75. The summed E-state index contributed by atoms with van der Waals surface area (Å²) in [4.78, 5) is 4.34. The van der Waals surface area contributed by atoms with Gasteiger partial charge in [0.1, 0.15) is 0 Å². The highest BCUT2D eigenvalue weighted by Crippen LogP contribution is 2.34. The molecular weight excluding hydrogens is 293 g/mol. The Kier molecular flexibility index (Phi) is 4.83. The average Bonchev–Trinajstić information content (AvgIpc) is 3.02. The lowest BCUT2D eigenvalue weighted by Gasteiger charge is -2.13. The summed E-state index contributed by atoms with van der Waals surface area (Å²) in [6.07, 6.45) is 4.27. The standard InChI is InChI=1S/C17H20BNO4/c1-3-22-16-5-4-12(7-17(16)21-2)13-6-14(10-19-9-13)15-8-18(20)23-11-15/h4-7,9-10,15,20H,3,8,11H2,1-2H3. The van der Waals surface area contributed by atoms with Gasteiger partial charge in [0.15, 0.2) is 11.5 Å². The molecule has 0 bridgehead atoms. The van der Waals surface area contributed by atoms with Gasteiger partial charge in [0.25, 0.3) is 0 Å². The van der Waals surface area contributed by atoms with E-state index < -0.39 is 7.12 Å². The summed E-state index contributed by atoms with van der Waals surface area (Å²) in [5.74, 6) is 1.62. The van der Waals surface area contributed by atoms with Crippen LogP contribution in [0.4, 0.5) is 0 Å². The Morgan fingerprint density at radius 2 is 2.13 bits per heavy atom. The minimum atomic E-state index is -0.672. The fraction of sp³-hybridized carbons (Fsp3) is 0.353. The molecule has 3 rings (SSSR count). The van der Waals surface area contributed by atoms with Crippen molar-refractivity contribution in [3.8, 4) is 22.6 Å². The Labute approximate surface area is 136 Å². The van der Waals surface area contributed by atoms with Gasteiger partial charge in [-0.05, 0) is 42.6 Å². The predicted molar refractivity (Wildman–Crippen MR) is 88.9 cm³/mol. The number of nitrogens with zero attached hydrogens (tertiary/aromatic N) is 1. The van der Waals surface area contributed by atoms with Crippen LogP contribution in [0.15, 0.2) is 36.7 Å². The molecule has 1 saturated heterocycles. The molecule has 0 aliphatic carbocycles. The van der Waals surface area contributed by atoms with Crippen LogP contribution in [0.5, 0.6) is 11.5 Å². The Morgan fingerprint density at radius 1 is 1.26 bits per heavy atom. The van der Waals surface area contributed by atoms with E-state index in [1.54, 1.807) is 7.11 Å². The SMILES string of the molecule is CCOc1ccc(-c2cncc(C3COB(O)C3)c2)cc1OC. The average molecular weight is 313 g/mol. The third-order valence-corrected chi connectivity index (χ3v) is 4.00. The van der Waals surface area contributed by atoms with Crippen molar-refractivity contribution in [3.63, 3.8) is 0 Å². The minimum Gasteiger partial charge on any atom is -0.493 e. The Morgan fingerprint density at radius 3 is 2.83 bits per heavy atom. The fourth-order valence-corrected chi connectivity index (χ4v) is 2.80. The second-order valence-electron chi connectivity index (χ2n) is 5.53. The van der Waals surface area contributed by atoms with Crippen molar-refractivity contribution >= 4 is 7.12 Å². The maximum atomic E-state index is 9.52. The number of hydrogen-bond donors (Lipinski definition) is 1. The van der Waals surface area contributed by atoms with Crippen LogP contribution in [0.3, 0.4) is 0 Å². The van der Waals surface area contributed by atoms with Crippen LogP contribution in [0.1, 0.15) is 18.4 Å². The first-order valence-electron chi connectivity index (χ1n) is 7.77. The number of rotatable bonds is 5. The molecule has 23 heavy (non-hydrogen) atoms. The molecule has 1 aromatic carbocycles. The zero-order valence-electron chi connectivity index (χ0n) is 13.4. The molecule has 5 nitrogen and oxygen atoms in total. The maximum Gasteiger partial charge on any atom is 0.454 e. The smallest absolute Gasteiger partial charge is 0.454 e. The Hall–Kier alpha value is -2.05. The first kappa shape index (κ1) is 15.8. The third-order valence-electron chi connectivity index (χ3n) is 4.00. The normalized spacial score (nSPS) is 17.3. The number of benzene rings is 1. The molecule has 1 aliphatic rings. The maximum absolute atomic E-state index is 9.52. The molecule has 0 amide bonds. The van der Waals surface area contributed by atoms with Gasteiger partial charge in [-0.1, -0.05) is 6.07 Å². The summed E-state index contributed by atoms with van der Waals surface area (Å²) in [6, 6.07) is 7.95. The molecule has 1 N–H and O–H groups in total. The Bertz CT molecular complexity index is 679. The van der Waals surface area contributed by atoms with Crippen molar-refractivity contribution in [3.05, 3.63) is 42.2 Å². The molecule has 1 atom stereocenters. The molecule has 120 valence electrons. The van der Waals surface area contributed by atoms with Gasteiger partial charge in [-0.25, -0.2) is 0 Å². The molecule has 0 spiro atoms. The van der Waals surface area contributed by atoms with E-state index in [0.717, 1.165) is 22.4 Å². The van der Waals surface area contributed by atoms with Gasteiger partial charge < -0.3 is 19.2 Å². The molecule has 2 aromatic rings. The van der Waals surface area contributed by atoms with Gasteiger partial charge in [0, 0.05) is 30.5 Å². The van der Waals surface area contributed by atoms with E-state index in [0.29, 0.717) is 25.3 Å². The van der Waals surface area contributed by atoms with Gasteiger partial charge in [-0.3, -0.25) is 4.98 Å². The van der Waals surface area contributed by atoms with Gasteiger partial charge in [-0.2, -0.15) is 0 Å². The summed E-state index contributed by atoms with van der Waals surface area (Å²) in [5, 5.41) is 9.52. The lowest BCUT2D eigenvalue weighted by molar-refractivity contribution is 0.292. The van der Waals surface area contributed by atoms with E-state index in [-0.39, 0.29) is 5.92 Å². The second kappa shape index (κ2) is 7.02. The van der Waals surface area contributed by atoms with Gasteiger partial charge in [-0.15, -0.1) is 0 Å². The molecular formula is C17H20BNO4. The van der Waals surface area contributed by atoms with Crippen molar-refractivity contribution in [1.82, 2.24) is 4.98 Å². The van der Waals surface area contributed by atoms with E-state index in [9.17, 15) is 5.02 Å². The van der Waals surface area contributed by atoms with Crippen molar-refractivity contribution in [2.45, 2.75) is 19.2 Å². The van der Waals surface area contributed by atoms with E-state index >= 15 is 0 Å². The highest BCUT2D eigenvalue weighted by atomic mass is 16.5. The summed E-state index contributed by atoms with van der Waals surface area (Å²) < 4.78 is 16.2. The molecule has 1 fully saturated rings. The van der Waals surface area contributed by atoms with Crippen LogP contribution < -0.4 is 9.47 Å². The lowest BCUT2D eigenvalue weighted by atomic mass is 9.80. The van der Waals surface area contributed by atoms with E-state index in [4.69, 9.17) is 14.1 Å². The first-order chi connectivity index (χ1) is 11.2. The molecule has 1 aliphatic heterocycles. The van der Waals surface area contributed by atoms with E-state index in [2.05, 4.69) is 11.1 Å². The summed E-state index contributed by atoms with van der Waals surface area (Å²) in [5.41, 5.74) is 3.09. The lowest BCUT2D eigenvalue weighted by Crippen LogP contribution is -2.07. The largest absolute Gasteiger partial charge is 0.493 e. The minimum absolute atomic E-state index is 0.182. The topological polar surface area (TPSA) is 60.8 Å². The van der Waals surface area contributed by atoms with Gasteiger partial charge >= 0.3 is 7.12 Å². The highest BCUT2D eigenvalue weighted by Gasteiger charge is 2.30. The Balaban J connectivity index is 1.89. The second-order valence-corrected chi connectivity index (χ2v) is 5.53. The van der Waals surface area contributed by atoms with Crippen LogP contribution in [-0.2, 0) is 4.65 Å². The summed E-state index contributed by atoms with van der Waals surface area (Å²) in [7, 11) is 0.960. The van der Waals surface area contributed by atoms with E-state index in [1.165, 1.54) is 0 Å². The first-order valence-corrected chi connectivity index (χ1v) is 7.77. The monoisotopic (exact) mass is 313 g/mol. The number of pyridine rings is 1. The van der Waals surface area contributed by atoms with Gasteiger partial charge in [0.05, 0.1) is 13.7 Å². The third kappa shape index (κ3) is 3.49. The fourth-order valence-electron chi connectivity index (χ4n) is 2.80. The molecule has 1 aromatic heterocycles. The van der Waals surface area contributed by atoms with Crippen LogP contribution in [0, 0.1) is 0 Å². The highest BCUT2D eigenvalue weighted by molar-refractivity contribution is 6.43. The summed E-state index contributed by atoms with van der Waals surface area (Å²) in [6.45, 7) is 3.06. The molecule has 2 heterocycles. The zero-order valence-corrected chi connectivity index (χ0v) is 13.4. The van der Waals surface area contributed by atoms with Crippen molar-refractivity contribution in [2.75, 3.05) is 20.3 Å². The van der Waals surface area contributed by atoms with Crippen LogP contribution in [-0.4, -0.2) is 37.4 Å². The van der Waals surface area contributed by atoms with Crippen LogP contribution >= 0.6 is 0 Å². The van der Waals surface area contributed by atoms with E-state index in [1.807, 2.05) is 37.5 Å². The number of aromatic nitrogens is 1. The zero-order chi connectivity index (χ0) is 16.2. The molecule has 0 radical (unpaired) electrons. The summed E-state index contributed by atoms with van der Waals surface area (Å²) >= 11 is 0. The van der Waals surface area contributed by atoms with Crippen LogP contribution in [0.25, 0.3) is 11.1 Å². The van der Waals surface area contributed by atoms with Gasteiger partial charge in [0.2, 0.25) is 0 Å². The quantitative estimate of drug-likeness (QED) is 0.860.